The number of anilines is 1. The van der Waals surface area contributed by atoms with Crippen LogP contribution in [0.2, 0.25) is 0 Å². The van der Waals surface area contributed by atoms with E-state index >= 15 is 0 Å². The van der Waals surface area contributed by atoms with E-state index in [2.05, 4.69) is 10.2 Å². The molecule has 2 aromatic rings. The van der Waals surface area contributed by atoms with Crippen LogP contribution in [0.25, 0.3) is 0 Å². The molecule has 1 saturated carbocycles. The molecule has 0 saturated heterocycles. The molecule has 7 nitrogen and oxygen atoms in total. The van der Waals surface area contributed by atoms with Gasteiger partial charge in [-0.25, -0.2) is 4.39 Å². The van der Waals surface area contributed by atoms with Gasteiger partial charge in [-0.15, -0.1) is 10.2 Å². The Kier molecular flexibility index (Phi) is 7.07. The van der Waals surface area contributed by atoms with Crippen molar-refractivity contribution in [3.8, 4) is 5.75 Å². The predicted octanol–water partition coefficient (Wildman–Crippen LogP) is 3.34. The minimum absolute atomic E-state index is 0.0442. The Morgan fingerprint density at radius 2 is 2.07 bits per heavy atom. The maximum Gasteiger partial charge on any atom is 0.233 e. The van der Waals surface area contributed by atoms with Crippen LogP contribution in [-0.2, 0) is 16.1 Å². The van der Waals surface area contributed by atoms with Gasteiger partial charge in [0.15, 0.2) is 15.9 Å². The van der Waals surface area contributed by atoms with E-state index in [0.717, 1.165) is 12.8 Å². The van der Waals surface area contributed by atoms with E-state index in [0.29, 0.717) is 28.0 Å². The quantitative estimate of drug-likeness (QED) is 0.442. The van der Waals surface area contributed by atoms with Gasteiger partial charge in [-0.2, -0.15) is 0 Å². The standard InChI is InChI=1S/C19H23FN4O3S2/c1-4-16(25)24(13-6-7-13)18-21-22-19(29-18)28-11-17(26)23(2)10-12-5-8-15(27-3)14(20)9-12/h5,8-9,13H,4,6-7,10-11H2,1-3H3. The minimum atomic E-state index is -0.455. The molecular weight excluding hydrogens is 415 g/mol. The fourth-order valence-electron chi connectivity index (χ4n) is 2.73. The monoisotopic (exact) mass is 438 g/mol. The molecule has 0 spiro atoms. The van der Waals surface area contributed by atoms with Gasteiger partial charge in [-0.3, -0.25) is 14.5 Å². The van der Waals surface area contributed by atoms with Crippen LogP contribution in [0, 0.1) is 5.82 Å². The zero-order valence-corrected chi connectivity index (χ0v) is 18.2. The van der Waals surface area contributed by atoms with Gasteiger partial charge in [0.1, 0.15) is 0 Å². The van der Waals surface area contributed by atoms with Crippen LogP contribution in [0.15, 0.2) is 22.5 Å². The number of benzene rings is 1. The van der Waals surface area contributed by atoms with Crippen LogP contribution in [0.5, 0.6) is 5.75 Å². The molecule has 29 heavy (non-hydrogen) atoms. The summed E-state index contributed by atoms with van der Waals surface area (Å²) in [6.45, 7) is 2.12. The molecule has 1 aliphatic rings. The normalized spacial score (nSPS) is 13.2. The molecule has 0 bridgehead atoms. The van der Waals surface area contributed by atoms with Crippen molar-refractivity contribution in [3.63, 3.8) is 0 Å². The van der Waals surface area contributed by atoms with E-state index < -0.39 is 5.82 Å². The number of hydrogen-bond donors (Lipinski definition) is 0. The third-order valence-corrected chi connectivity index (χ3v) is 6.51. The summed E-state index contributed by atoms with van der Waals surface area (Å²) in [6, 6.07) is 4.87. The Balaban J connectivity index is 1.54. The summed E-state index contributed by atoms with van der Waals surface area (Å²) < 4.78 is 19.4. The number of carbonyl (C=O) groups is 2. The summed E-state index contributed by atoms with van der Waals surface area (Å²) in [4.78, 5) is 27.8. The molecule has 0 aliphatic heterocycles. The van der Waals surface area contributed by atoms with E-state index in [1.807, 2.05) is 6.92 Å². The number of halogens is 1. The lowest BCUT2D eigenvalue weighted by Gasteiger charge is -2.17. The number of aromatic nitrogens is 2. The number of amides is 2. The second kappa shape index (κ2) is 9.53. The zero-order chi connectivity index (χ0) is 21.0. The van der Waals surface area contributed by atoms with E-state index in [1.54, 1.807) is 24.1 Å². The van der Waals surface area contributed by atoms with E-state index in [4.69, 9.17) is 4.74 Å². The number of thioether (sulfide) groups is 1. The average molecular weight is 439 g/mol. The molecule has 10 heteroatoms. The van der Waals surface area contributed by atoms with Crippen LogP contribution in [0.3, 0.4) is 0 Å². The summed E-state index contributed by atoms with van der Waals surface area (Å²) >= 11 is 2.62. The highest BCUT2D eigenvalue weighted by Crippen LogP contribution is 2.36. The predicted molar refractivity (Wildman–Crippen MR) is 111 cm³/mol. The third-order valence-electron chi connectivity index (χ3n) is 4.47. The van der Waals surface area contributed by atoms with Crippen LogP contribution in [0.4, 0.5) is 9.52 Å². The third kappa shape index (κ3) is 5.45. The second-order valence-electron chi connectivity index (χ2n) is 6.71. The molecule has 2 amide bonds. The zero-order valence-electron chi connectivity index (χ0n) is 16.6. The van der Waals surface area contributed by atoms with Gasteiger partial charge in [-0.1, -0.05) is 36.1 Å². The van der Waals surface area contributed by atoms with Crippen LogP contribution < -0.4 is 9.64 Å². The lowest BCUT2D eigenvalue weighted by molar-refractivity contribution is -0.127. The fourth-order valence-corrected chi connectivity index (χ4v) is 4.60. The van der Waals surface area contributed by atoms with Crippen molar-refractivity contribution >= 4 is 40.0 Å². The second-order valence-corrected chi connectivity index (χ2v) is 8.88. The highest BCUT2D eigenvalue weighted by atomic mass is 32.2. The largest absolute Gasteiger partial charge is 0.494 e. The molecule has 1 aromatic carbocycles. The van der Waals surface area contributed by atoms with Crippen molar-refractivity contribution < 1.29 is 18.7 Å². The smallest absolute Gasteiger partial charge is 0.233 e. The summed E-state index contributed by atoms with van der Waals surface area (Å²) in [5, 5.41) is 8.84. The Morgan fingerprint density at radius 1 is 1.31 bits per heavy atom. The molecule has 0 atom stereocenters. The van der Waals surface area contributed by atoms with Crippen LogP contribution >= 0.6 is 23.1 Å². The number of carbonyl (C=O) groups excluding carboxylic acids is 2. The maximum absolute atomic E-state index is 13.8. The average Bonchev–Trinajstić information content (AvgIpc) is 3.43. The highest BCUT2D eigenvalue weighted by Gasteiger charge is 2.35. The molecule has 1 aliphatic carbocycles. The first kappa shape index (κ1) is 21.5. The number of ether oxygens (including phenoxy) is 1. The number of hydrogen-bond acceptors (Lipinski definition) is 7. The number of rotatable bonds is 9. The first-order valence-corrected chi connectivity index (χ1v) is 11.1. The highest BCUT2D eigenvalue weighted by molar-refractivity contribution is 8.01. The summed E-state index contributed by atoms with van der Waals surface area (Å²) in [6.07, 6.45) is 2.40. The van der Waals surface area contributed by atoms with Gasteiger partial charge in [0.2, 0.25) is 16.9 Å². The van der Waals surface area contributed by atoms with Gasteiger partial charge in [0, 0.05) is 26.1 Å². The Hall–Kier alpha value is -2.20. The van der Waals surface area contributed by atoms with Gasteiger partial charge >= 0.3 is 0 Å². The summed E-state index contributed by atoms with van der Waals surface area (Å²) in [7, 11) is 3.08. The first-order chi connectivity index (χ1) is 13.9. The number of nitrogens with zero attached hydrogens (tertiary/aromatic N) is 4. The fraction of sp³-hybridized carbons (Fsp3) is 0.474. The van der Waals surface area contributed by atoms with Crippen molar-refractivity contribution in [3.05, 3.63) is 29.6 Å². The molecule has 1 aromatic heterocycles. The topological polar surface area (TPSA) is 75.6 Å². The van der Waals surface area contributed by atoms with Crippen LogP contribution in [-0.4, -0.2) is 52.9 Å². The minimum Gasteiger partial charge on any atom is -0.494 e. The van der Waals surface area contributed by atoms with Crippen molar-refractivity contribution in [2.24, 2.45) is 0 Å². The Bertz CT molecular complexity index is 888. The van der Waals surface area contributed by atoms with Gasteiger partial charge in [0.25, 0.3) is 0 Å². The van der Waals surface area contributed by atoms with E-state index in [9.17, 15) is 14.0 Å². The molecule has 3 rings (SSSR count). The van der Waals surface area contributed by atoms with Crippen molar-refractivity contribution in [1.29, 1.82) is 0 Å². The molecule has 0 unspecified atom stereocenters. The van der Waals surface area contributed by atoms with E-state index in [1.165, 1.54) is 41.2 Å². The molecular formula is C19H23FN4O3S2. The van der Waals surface area contributed by atoms with Gasteiger partial charge in [0.05, 0.1) is 12.9 Å². The van der Waals surface area contributed by atoms with Gasteiger partial charge < -0.3 is 9.64 Å². The lowest BCUT2D eigenvalue weighted by atomic mass is 10.2. The Labute approximate surface area is 177 Å². The Morgan fingerprint density at radius 3 is 2.69 bits per heavy atom. The first-order valence-electron chi connectivity index (χ1n) is 9.27. The lowest BCUT2D eigenvalue weighted by Crippen LogP contribution is -2.32. The SMILES string of the molecule is CCC(=O)N(c1nnc(SCC(=O)N(C)Cc2ccc(OC)c(F)c2)s1)C1CC1. The van der Waals surface area contributed by atoms with E-state index in [-0.39, 0.29) is 29.4 Å². The molecule has 0 radical (unpaired) electrons. The molecule has 1 heterocycles. The molecule has 1 fully saturated rings. The molecule has 0 N–H and O–H groups in total. The van der Waals surface area contributed by atoms with Crippen LogP contribution in [0.1, 0.15) is 31.7 Å². The summed E-state index contributed by atoms with van der Waals surface area (Å²) in [5.41, 5.74) is 0.681. The molecule has 156 valence electrons. The summed E-state index contributed by atoms with van der Waals surface area (Å²) in [5.74, 6) is -0.153. The van der Waals surface area contributed by atoms with Gasteiger partial charge in [-0.05, 0) is 30.5 Å². The maximum atomic E-state index is 13.8. The number of methoxy groups -OCH3 is 1. The van der Waals surface area contributed by atoms with Crippen molar-refractivity contribution in [2.75, 3.05) is 24.8 Å². The van der Waals surface area contributed by atoms with Crippen molar-refractivity contribution in [2.45, 2.75) is 43.1 Å². The van der Waals surface area contributed by atoms with Crippen molar-refractivity contribution in [1.82, 2.24) is 15.1 Å².